The van der Waals surface area contributed by atoms with Crippen molar-refractivity contribution in [1.82, 2.24) is 5.32 Å². The highest BCUT2D eigenvalue weighted by Crippen LogP contribution is 2.65. The third-order valence-electron chi connectivity index (χ3n) is 9.75. The number of fused-ring (bicyclic) bond motifs is 3. The Kier molecular flexibility index (Phi) is 3.51. The van der Waals surface area contributed by atoms with E-state index in [4.69, 9.17) is 0 Å². The Hall–Kier alpha value is -2.09. The molecular weight excluding hydrogens is 354 g/mol. The van der Waals surface area contributed by atoms with E-state index >= 15 is 0 Å². The molecule has 2 aromatic carbocycles. The van der Waals surface area contributed by atoms with Gasteiger partial charge in [-0.2, -0.15) is 0 Å². The number of hydrogen-bond acceptors (Lipinski definition) is 1. The highest BCUT2D eigenvalue weighted by Gasteiger charge is 2.62. The molecule has 2 nitrogen and oxygen atoms in total. The van der Waals surface area contributed by atoms with Gasteiger partial charge in [0, 0.05) is 23.8 Å². The molecule has 2 aromatic rings. The third-order valence-corrected chi connectivity index (χ3v) is 9.75. The van der Waals surface area contributed by atoms with Crippen LogP contribution in [0.1, 0.15) is 80.5 Å². The van der Waals surface area contributed by atoms with Crippen LogP contribution in [0.5, 0.6) is 0 Å². The maximum atomic E-state index is 13.7. The van der Waals surface area contributed by atoms with E-state index in [2.05, 4.69) is 74.6 Å². The summed E-state index contributed by atoms with van der Waals surface area (Å²) in [6.07, 6.45) is 4.67. The monoisotopic (exact) mass is 385 g/mol. The summed E-state index contributed by atoms with van der Waals surface area (Å²) in [4.78, 5) is 13.7. The van der Waals surface area contributed by atoms with Crippen molar-refractivity contribution in [1.29, 1.82) is 0 Å². The predicted octanol–water partition coefficient (Wildman–Crippen LogP) is 5.61. The second-order valence-corrected chi connectivity index (χ2v) is 10.8. The van der Waals surface area contributed by atoms with E-state index in [1.807, 2.05) is 0 Å². The van der Waals surface area contributed by atoms with Crippen LogP contribution in [0.2, 0.25) is 0 Å². The maximum Gasteiger partial charge on any atom is 0.224 e. The summed E-state index contributed by atoms with van der Waals surface area (Å²) < 4.78 is 0. The molecule has 0 unspecified atom stereocenters. The lowest BCUT2D eigenvalue weighted by atomic mass is 9.59. The normalized spacial score (nSPS) is 37.8. The Morgan fingerprint density at radius 3 is 2.00 bits per heavy atom. The number of carbonyl (C=O) groups is 1. The summed E-state index contributed by atoms with van der Waals surface area (Å²) in [5.41, 5.74) is 6.19. The lowest BCUT2D eigenvalue weighted by Gasteiger charge is -2.46. The second-order valence-electron chi connectivity index (χ2n) is 10.8. The molecule has 150 valence electrons. The van der Waals surface area contributed by atoms with Crippen LogP contribution in [0.25, 0.3) is 0 Å². The molecule has 5 aliphatic rings. The van der Waals surface area contributed by atoms with Crippen molar-refractivity contribution in [3.8, 4) is 0 Å². The first kappa shape index (κ1) is 17.7. The van der Waals surface area contributed by atoms with Crippen molar-refractivity contribution in [3.05, 3.63) is 70.8 Å². The zero-order valence-electron chi connectivity index (χ0n) is 17.7. The fourth-order valence-electron chi connectivity index (χ4n) is 7.59. The highest BCUT2D eigenvalue weighted by atomic mass is 16.2. The molecule has 5 aliphatic carbocycles. The van der Waals surface area contributed by atoms with E-state index in [1.54, 1.807) is 0 Å². The number of rotatable bonds is 2. The average Bonchev–Trinajstić information content (AvgIpc) is 3.07. The molecule has 2 heteroatoms. The smallest absolute Gasteiger partial charge is 0.224 e. The molecule has 29 heavy (non-hydrogen) atoms. The van der Waals surface area contributed by atoms with Crippen molar-refractivity contribution in [2.75, 3.05) is 0 Å². The van der Waals surface area contributed by atoms with Crippen LogP contribution in [0.3, 0.4) is 0 Å². The summed E-state index contributed by atoms with van der Waals surface area (Å²) in [5.74, 6) is 1.65. The van der Waals surface area contributed by atoms with Crippen molar-refractivity contribution in [3.63, 3.8) is 0 Å². The largest absolute Gasteiger partial charge is 0.353 e. The fraction of sp³-hybridized carbons (Fsp3) is 0.519. The molecule has 1 amide bonds. The summed E-state index contributed by atoms with van der Waals surface area (Å²) >= 11 is 0. The minimum Gasteiger partial charge on any atom is -0.353 e. The van der Waals surface area contributed by atoms with E-state index < -0.39 is 0 Å². The molecule has 0 radical (unpaired) electrons. The zero-order valence-corrected chi connectivity index (χ0v) is 17.7. The van der Waals surface area contributed by atoms with E-state index in [1.165, 1.54) is 35.1 Å². The minimum atomic E-state index is 0.0515. The molecule has 1 N–H and O–H groups in total. The van der Waals surface area contributed by atoms with Gasteiger partial charge in [0.2, 0.25) is 5.91 Å². The van der Waals surface area contributed by atoms with Crippen molar-refractivity contribution in [2.24, 2.45) is 22.7 Å². The van der Waals surface area contributed by atoms with Gasteiger partial charge in [0.15, 0.2) is 0 Å². The van der Waals surface area contributed by atoms with Gasteiger partial charge in [0.25, 0.3) is 0 Å². The molecule has 0 heterocycles. The minimum absolute atomic E-state index is 0.0515. The zero-order chi connectivity index (χ0) is 20.0. The summed E-state index contributed by atoms with van der Waals surface area (Å²) in [6, 6.07) is 18.0. The van der Waals surface area contributed by atoms with Crippen LogP contribution in [-0.2, 0) is 4.79 Å². The maximum absolute atomic E-state index is 13.7. The lowest BCUT2D eigenvalue weighted by Crippen LogP contribution is -2.50. The predicted molar refractivity (Wildman–Crippen MR) is 116 cm³/mol. The summed E-state index contributed by atoms with van der Waals surface area (Å²) in [7, 11) is 0. The average molecular weight is 386 g/mol. The first-order valence-electron chi connectivity index (χ1n) is 11.4. The summed E-state index contributed by atoms with van der Waals surface area (Å²) in [6.45, 7) is 7.26. The number of carbonyl (C=O) groups excluding carboxylic acids is 1. The van der Waals surface area contributed by atoms with Crippen LogP contribution in [0.15, 0.2) is 48.5 Å². The van der Waals surface area contributed by atoms with E-state index in [0.29, 0.717) is 23.3 Å². The number of nitrogens with one attached hydrogen (secondary N) is 1. The van der Waals surface area contributed by atoms with Crippen molar-refractivity contribution in [2.45, 2.75) is 64.3 Å². The summed E-state index contributed by atoms with van der Waals surface area (Å²) in [5, 5.41) is 3.58. The SMILES string of the molecule is CC1(C)[C@@H]2CC[C@@]1(C)[C@H](NC(=O)[C@@H]1CC3c4ccccc4C1c1ccccc13)C2. The Labute approximate surface area is 174 Å². The first-order valence-corrected chi connectivity index (χ1v) is 11.4. The topological polar surface area (TPSA) is 29.1 Å². The van der Waals surface area contributed by atoms with Gasteiger partial charge in [-0.3, -0.25) is 4.79 Å². The second kappa shape index (κ2) is 5.74. The van der Waals surface area contributed by atoms with Crippen molar-refractivity contribution < 1.29 is 4.79 Å². The highest BCUT2D eigenvalue weighted by molar-refractivity contribution is 5.83. The molecular formula is C27H31NO. The van der Waals surface area contributed by atoms with Gasteiger partial charge in [-0.15, -0.1) is 0 Å². The Balaban J connectivity index is 1.34. The first-order chi connectivity index (χ1) is 13.9. The van der Waals surface area contributed by atoms with Crippen LogP contribution < -0.4 is 5.32 Å². The van der Waals surface area contributed by atoms with Crippen LogP contribution in [-0.4, -0.2) is 11.9 Å². The number of benzene rings is 2. The molecule has 4 atom stereocenters. The molecule has 0 aromatic heterocycles. The van der Waals surface area contributed by atoms with E-state index in [9.17, 15) is 4.79 Å². The van der Waals surface area contributed by atoms with Gasteiger partial charge in [-0.05, 0) is 64.7 Å². The Bertz CT molecular complexity index is 960. The Morgan fingerprint density at radius 1 is 0.897 bits per heavy atom. The van der Waals surface area contributed by atoms with E-state index in [-0.39, 0.29) is 17.3 Å². The van der Waals surface area contributed by atoms with Gasteiger partial charge in [0.05, 0.1) is 0 Å². The number of amides is 1. The standard InChI is InChI=1S/C27H31NO/c1-26(2)16-12-13-27(26,3)23(14-16)28-25(29)22-15-21-17-8-4-6-10-19(17)24(22)20-11-7-5-9-18(20)21/h4-11,16,21-24H,12-15H2,1-3H3,(H,28,29)/t16-,21?,22-,23-,24?,27+/m1/s1. The molecule has 4 bridgehead atoms. The van der Waals surface area contributed by atoms with Gasteiger partial charge in [0.1, 0.15) is 0 Å². The van der Waals surface area contributed by atoms with Gasteiger partial charge >= 0.3 is 0 Å². The fourth-order valence-corrected chi connectivity index (χ4v) is 7.59. The molecule has 0 spiro atoms. The lowest BCUT2D eigenvalue weighted by molar-refractivity contribution is -0.128. The number of hydrogen-bond donors (Lipinski definition) is 1. The molecule has 2 fully saturated rings. The quantitative estimate of drug-likeness (QED) is 0.715. The van der Waals surface area contributed by atoms with Crippen LogP contribution >= 0.6 is 0 Å². The van der Waals surface area contributed by atoms with Crippen LogP contribution in [0, 0.1) is 22.7 Å². The van der Waals surface area contributed by atoms with Crippen molar-refractivity contribution >= 4 is 5.91 Å². The van der Waals surface area contributed by atoms with E-state index in [0.717, 1.165) is 18.8 Å². The van der Waals surface area contributed by atoms with Crippen LogP contribution in [0.4, 0.5) is 0 Å². The molecule has 2 saturated carbocycles. The molecule has 0 saturated heterocycles. The van der Waals surface area contributed by atoms with Gasteiger partial charge < -0.3 is 5.32 Å². The molecule has 0 aliphatic heterocycles. The van der Waals surface area contributed by atoms with Gasteiger partial charge in [-0.25, -0.2) is 0 Å². The Morgan fingerprint density at radius 2 is 1.48 bits per heavy atom. The molecule has 7 rings (SSSR count). The third kappa shape index (κ3) is 2.15. The van der Waals surface area contributed by atoms with Gasteiger partial charge in [-0.1, -0.05) is 69.3 Å².